The third-order valence-corrected chi connectivity index (χ3v) is 2.43. The van der Waals surface area contributed by atoms with E-state index in [4.69, 9.17) is 0 Å². The van der Waals surface area contributed by atoms with Crippen LogP contribution in [0.1, 0.15) is 18.1 Å². The Bertz CT molecular complexity index is 560. The van der Waals surface area contributed by atoms with E-state index in [-0.39, 0.29) is 17.7 Å². The maximum absolute atomic E-state index is 12.3. The van der Waals surface area contributed by atoms with Gasteiger partial charge in [-0.05, 0) is 13.8 Å². The summed E-state index contributed by atoms with van der Waals surface area (Å²) in [4.78, 5) is 24.6. The van der Waals surface area contributed by atoms with E-state index in [1.54, 1.807) is 0 Å². The lowest BCUT2D eigenvalue weighted by molar-refractivity contribution is -0.385. The number of alkyl halides is 3. The number of nitro groups is 1. The molecule has 0 aliphatic rings. The second-order valence-electron chi connectivity index (χ2n) is 3.84. The molecule has 10 heteroatoms. The SMILES string of the molecule is CCOC(=O)Cc1c(OC(F)(F)F)ncc([N+](=O)[O-])c1C. The zero-order valence-electron chi connectivity index (χ0n) is 11.1. The first-order chi connectivity index (χ1) is 9.65. The van der Waals surface area contributed by atoms with Gasteiger partial charge in [-0.1, -0.05) is 0 Å². The summed E-state index contributed by atoms with van der Waals surface area (Å²) in [7, 11) is 0. The van der Waals surface area contributed by atoms with Crippen LogP contribution in [0.2, 0.25) is 0 Å². The fourth-order valence-electron chi connectivity index (χ4n) is 1.56. The fourth-order valence-corrected chi connectivity index (χ4v) is 1.56. The molecule has 116 valence electrons. The van der Waals surface area contributed by atoms with Crippen molar-refractivity contribution in [1.82, 2.24) is 4.98 Å². The first-order valence-electron chi connectivity index (χ1n) is 5.70. The highest BCUT2D eigenvalue weighted by Crippen LogP contribution is 2.31. The summed E-state index contributed by atoms with van der Waals surface area (Å²) in [6.45, 7) is 2.75. The van der Waals surface area contributed by atoms with E-state index in [0.29, 0.717) is 6.20 Å². The van der Waals surface area contributed by atoms with E-state index in [0.717, 1.165) is 0 Å². The van der Waals surface area contributed by atoms with Crippen molar-refractivity contribution in [2.75, 3.05) is 6.61 Å². The van der Waals surface area contributed by atoms with Crippen LogP contribution < -0.4 is 4.74 Å². The predicted molar refractivity (Wildman–Crippen MR) is 62.6 cm³/mol. The minimum atomic E-state index is -5.03. The first-order valence-corrected chi connectivity index (χ1v) is 5.70. The molecule has 0 saturated heterocycles. The smallest absolute Gasteiger partial charge is 0.466 e. The molecule has 0 N–H and O–H groups in total. The molecule has 0 unspecified atom stereocenters. The summed E-state index contributed by atoms with van der Waals surface area (Å²) in [6, 6.07) is 0. The molecule has 0 atom stereocenters. The fraction of sp³-hybridized carbons (Fsp3) is 0.455. The zero-order chi connectivity index (χ0) is 16.2. The van der Waals surface area contributed by atoms with Gasteiger partial charge in [0.25, 0.3) is 5.69 Å². The third kappa shape index (κ3) is 4.58. The van der Waals surface area contributed by atoms with E-state index < -0.39 is 35.2 Å². The number of rotatable bonds is 5. The molecule has 1 heterocycles. The maximum atomic E-state index is 12.3. The standard InChI is InChI=1S/C11H11F3N2O5/c1-3-20-9(17)4-7-6(2)8(16(18)19)5-15-10(7)21-11(12,13)14/h5H,3-4H2,1-2H3. The van der Waals surface area contributed by atoms with Gasteiger partial charge in [-0.3, -0.25) is 14.9 Å². The van der Waals surface area contributed by atoms with E-state index in [1.165, 1.54) is 13.8 Å². The summed E-state index contributed by atoms with van der Waals surface area (Å²) < 4.78 is 45.2. The van der Waals surface area contributed by atoms with Crippen LogP contribution in [0.5, 0.6) is 5.88 Å². The van der Waals surface area contributed by atoms with Gasteiger partial charge in [0, 0.05) is 11.1 Å². The summed E-state index contributed by atoms with van der Waals surface area (Å²) in [5.74, 6) is -1.74. The van der Waals surface area contributed by atoms with E-state index in [2.05, 4.69) is 14.5 Å². The molecule has 1 aromatic rings. The molecular formula is C11H11F3N2O5. The lowest BCUT2D eigenvalue weighted by Gasteiger charge is -2.13. The summed E-state index contributed by atoms with van der Waals surface area (Å²) in [5.41, 5.74) is -0.980. The first kappa shape index (κ1) is 16.7. The number of pyridine rings is 1. The van der Waals surface area contributed by atoms with E-state index >= 15 is 0 Å². The van der Waals surface area contributed by atoms with Gasteiger partial charge in [-0.25, -0.2) is 4.98 Å². The Morgan fingerprint density at radius 1 is 1.48 bits per heavy atom. The summed E-state index contributed by atoms with van der Waals surface area (Å²) in [5, 5.41) is 10.8. The predicted octanol–water partition coefficient (Wildman–Crippen LogP) is 2.30. The number of nitrogens with zero attached hydrogens (tertiary/aromatic N) is 2. The molecule has 0 aliphatic carbocycles. The number of carbonyl (C=O) groups excluding carboxylic acids is 1. The average Bonchev–Trinajstić information content (AvgIpc) is 2.32. The molecular weight excluding hydrogens is 297 g/mol. The number of hydrogen-bond acceptors (Lipinski definition) is 6. The quantitative estimate of drug-likeness (QED) is 0.471. The van der Waals surface area contributed by atoms with Gasteiger partial charge in [0.2, 0.25) is 5.88 Å². The van der Waals surface area contributed by atoms with Gasteiger partial charge in [0.1, 0.15) is 6.20 Å². The number of esters is 1. The molecule has 0 fully saturated rings. The van der Waals surface area contributed by atoms with Crippen molar-refractivity contribution >= 4 is 11.7 Å². The molecule has 0 aromatic carbocycles. The van der Waals surface area contributed by atoms with E-state index in [1.807, 2.05) is 0 Å². The summed E-state index contributed by atoms with van der Waals surface area (Å²) >= 11 is 0. The Hall–Kier alpha value is -2.39. The van der Waals surface area contributed by atoms with E-state index in [9.17, 15) is 28.1 Å². The Morgan fingerprint density at radius 2 is 2.10 bits per heavy atom. The van der Waals surface area contributed by atoms with Gasteiger partial charge < -0.3 is 9.47 Å². The minimum Gasteiger partial charge on any atom is -0.466 e. The Labute approximate surface area is 116 Å². The van der Waals surface area contributed by atoms with Gasteiger partial charge in [-0.15, -0.1) is 13.2 Å². The zero-order valence-corrected chi connectivity index (χ0v) is 11.1. The van der Waals surface area contributed by atoms with Crippen LogP contribution >= 0.6 is 0 Å². The topological polar surface area (TPSA) is 91.6 Å². The normalized spacial score (nSPS) is 11.1. The highest BCUT2D eigenvalue weighted by Gasteiger charge is 2.34. The number of hydrogen-bond donors (Lipinski definition) is 0. The molecule has 1 aromatic heterocycles. The molecule has 0 saturated carbocycles. The molecule has 0 radical (unpaired) electrons. The van der Waals surface area contributed by atoms with Gasteiger partial charge in [-0.2, -0.15) is 0 Å². The molecule has 7 nitrogen and oxygen atoms in total. The molecule has 0 bridgehead atoms. The van der Waals surface area contributed by atoms with Crippen LogP contribution in [0.4, 0.5) is 18.9 Å². The molecule has 0 aliphatic heterocycles. The lowest BCUT2D eigenvalue weighted by atomic mass is 10.1. The second kappa shape index (κ2) is 6.37. The van der Waals surface area contributed by atoms with Crippen molar-refractivity contribution in [2.45, 2.75) is 26.6 Å². The number of ether oxygens (including phenoxy) is 2. The minimum absolute atomic E-state index is 0.0235. The second-order valence-corrected chi connectivity index (χ2v) is 3.84. The third-order valence-electron chi connectivity index (χ3n) is 2.43. The maximum Gasteiger partial charge on any atom is 0.574 e. The Balaban J connectivity index is 3.27. The van der Waals surface area contributed by atoms with Crippen LogP contribution in [-0.2, 0) is 16.0 Å². The average molecular weight is 308 g/mol. The monoisotopic (exact) mass is 308 g/mol. The van der Waals surface area contributed by atoms with Crippen molar-refractivity contribution in [3.63, 3.8) is 0 Å². The number of carbonyl (C=O) groups is 1. The van der Waals surface area contributed by atoms with Crippen molar-refractivity contribution in [2.24, 2.45) is 0 Å². The van der Waals surface area contributed by atoms with Crippen molar-refractivity contribution in [1.29, 1.82) is 0 Å². The van der Waals surface area contributed by atoms with Crippen molar-refractivity contribution in [3.05, 3.63) is 27.4 Å². The van der Waals surface area contributed by atoms with Crippen molar-refractivity contribution in [3.8, 4) is 5.88 Å². The van der Waals surface area contributed by atoms with Crippen molar-refractivity contribution < 1.29 is 32.4 Å². The van der Waals surface area contributed by atoms with Gasteiger partial charge in [0.15, 0.2) is 0 Å². The molecule has 0 spiro atoms. The molecule has 1 rings (SSSR count). The molecule has 21 heavy (non-hydrogen) atoms. The summed E-state index contributed by atoms with van der Waals surface area (Å²) in [6.07, 6.45) is -5.00. The van der Waals surface area contributed by atoms with Crippen LogP contribution in [0.25, 0.3) is 0 Å². The van der Waals surface area contributed by atoms with Crippen LogP contribution in [0.15, 0.2) is 6.20 Å². The van der Waals surface area contributed by atoms with Gasteiger partial charge in [0.05, 0.1) is 18.0 Å². The number of aromatic nitrogens is 1. The Morgan fingerprint density at radius 3 is 2.57 bits per heavy atom. The van der Waals surface area contributed by atoms with Gasteiger partial charge >= 0.3 is 12.3 Å². The lowest BCUT2D eigenvalue weighted by Crippen LogP contribution is -2.21. The van der Waals surface area contributed by atoms with Crippen LogP contribution in [0, 0.1) is 17.0 Å². The van der Waals surface area contributed by atoms with Crippen LogP contribution in [-0.4, -0.2) is 28.8 Å². The number of halogens is 3. The largest absolute Gasteiger partial charge is 0.574 e. The molecule has 0 amide bonds. The highest BCUT2D eigenvalue weighted by molar-refractivity contribution is 5.74. The van der Waals surface area contributed by atoms with Crippen LogP contribution in [0.3, 0.4) is 0 Å². The highest BCUT2D eigenvalue weighted by atomic mass is 19.4. The Kier molecular flexibility index (Phi) is 5.06.